The number of benzene rings is 1. The van der Waals surface area contributed by atoms with Crippen molar-refractivity contribution in [1.29, 1.82) is 0 Å². The maximum Gasteiger partial charge on any atom is 0.239 e. The molecule has 0 saturated carbocycles. The lowest BCUT2D eigenvalue weighted by Gasteiger charge is -2.39. The monoisotopic (exact) mass is 352 g/mol. The molecule has 2 aliphatic rings. The third-order valence-electron chi connectivity index (χ3n) is 5.09. The van der Waals surface area contributed by atoms with E-state index >= 15 is 0 Å². The van der Waals surface area contributed by atoms with Gasteiger partial charge >= 0.3 is 0 Å². The molecule has 6 heteroatoms. The number of rotatable bonds is 4. The summed E-state index contributed by atoms with van der Waals surface area (Å²) in [6.07, 6.45) is 1.63. The fraction of sp³-hybridized carbons (Fsp3) is 0.611. The van der Waals surface area contributed by atoms with Gasteiger partial charge in [-0.25, -0.2) is 0 Å². The van der Waals surface area contributed by atoms with Gasteiger partial charge in [-0.05, 0) is 37.5 Å². The summed E-state index contributed by atoms with van der Waals surface area (Å²) in [5.74, 6) is -0.00454. The molecule has 2 N–H and O–H groups in total. The Morgan fingerprint density at radius 3 is 2.88 bits per heavy atom. The van der Waals surface area contributed by atoms with Gasteiger partial charge in [0.1, 0.15) is 6.04 Å². The van der Waals surface area contributed by atoms with Gasteiger partial charge in [0.05, 0.1) is 12.7 Å². The quantitative estimate of drug-likeness (QED) is 0.868. The van der Waals surface area contributed by atoms with Crippen molar-refractivity contribution in [2.24, 2.45) is 0 Å². The number of ether oxygens (including phenoxy) is 2. The highest BCUT2D eigenvalue weighted by Crippen LogP contribution is 2.35. The van der Waals surface area contributed by atoms with Crippen LogP contribution in [0.4, 0.5) is 0 Å². The molecule has 0 aliphatic carbocycles. The Labute approximate surface area is 148 Å². The van der Waals surface area contributed by atoms with Crippen molar-refractivity contribution >= 4 is 17.5 Å². The van der Waals surface area contributed by atoms with Crippen LogP contribution in [0.15, 0.2) is 24.3 Å². The Morgan fingerprint density at radius 2 is 2.17 bits per heavy atom. The molecule has 0 unspecified atom stereocenters. The molecular formula is C18H25ClN2O3. The first-order chi connectivity index (χ1) is 11.6. The summed E-state index contributed by atoms with van der Waals surface area (Å²) in [6.45, 7) is 5.26. The zero-order valence-corrected chi connectivity index (χ0v) is 14.8. The van der Waals surface area contributed by atoms with Gasteiger partial charge in [0.25, 0.3) is 0 Å². The van der Waals surface area contributed by atoms with Gasteiger partial charge in [0, 0.05) is 36.7 Å². The zero-order valence-electron chi connectivity index (χ0n) is 14.0. The maximum atomic E-state index is 12.6. The molecule has 0 bridgehead atoms. The van der Waals surface area contributed by atoms with E-state index in [0.29, 0.717) is 32.9 Å². The highest BCUT2D eigenvalue weighted by molar-refractivity contribution is 6.30. The van der Waals surface area contributed by atoms with Gasteiger partial charge in [-0.3, -0.25) is 4.79 Å². The van der Waals surface area contributed by atoms with Crippen molar-refractivity contribution in [2.45, 2.75) is 37.3 Å². The van der Waals surface area contributed by atoms with E-state index in [4.69, 9.17) is 21.1 Å². The molecule has 5 nitrogen and oxygen atoms in total. The number of hydrogen-bond acceptors (Lipinski definition) is 4. The second kappa shape index (κ2) is 7.83. The van der Waals surface area contributed by atoms with Gasteiger partial charge in [-0.15, -0.1) is 0 Å². The SMILES string of the molecule is C[C@H]1OCCN[C@@H]1C(=O)NCC1(c2cccc(Cl)c2)CCOCC1. The summed E-state index contributed by atoms with van der Waals surface area (Å²) in [4.78, 5) is 12.6. The number of nitrogens with one attached hydrogen (secondary N) is 2. The Bertz CT molecular complexity index is 575. The highest BCUT2D eigenvalue weighted by Gasteiger charge is 2.36. The van der Waals surface area contributed by atoms with Gasteiger partial charge < -0.3 is 20.1 Å². The van der Waals surface area contributed by atoms with E-state index < -0.39 is 0 Å². The van der Waals surface area contributed by atoms with E-state index in [9.17, 15) is 4.79 Å². The summed E-state index contributed by atoms with van der Waals surface area (Å²) < 4.78 is 11.1. The topological polar surface area (TPSA) is 59.6 Å². The molecule has 1 aromatic carbocycles. The summed E-state index contributed by atoms with van der Waals surface area (Å²) in [5, 5.41) is 7.09. The Morgan fingerprint density at radius 1 is 1.38 bits per heavy atom. The number of halogens is 1. The van der Waals surface area contributed by atoms with Crippen LogP contribution in [-0.2, 0) is 19.7 Å². The molecule has 1 amide bonds. The maximum absolute atomic E-state index is 12.6. The molecule has 2 saturated heterocycles. The lowest BCUT2D eigenvalue weighted by molar-refractivity contribution is -0.129. The summed E-state index contributed by atoms with van der Waals surface area (Å²) >= 11 is 6.18. The molecule has 2 heterocycles. The van der Waals surface area contributed by atoms with E-state index in [1.165, 1.54) is 5.56 Å². The first-order valence-electron chi connectivity index (χ1n) is 8.57. The molecule has 3 rings (SSSR count). The zero-order chi connectivity index (χ0) is 17.0. The fourth-order valence-corrected chi connectivity index (χ4v) is 3.73. The van der Waals surface area contributed by atoms with E-state index in [1.54, 1.807) is 0 Å². The van der Waals surface area contributed by atoms with Crippen LogP contribution in [0.3, 0.4) is 0 Å². The molecule has 1 aromatic rings. The average Bonchev–Trinajstić information content (AvgIpc) is 2.61. The first-order valence-corrected chi connectivity index (χ1v) is 8.95. The Kier molecular flexibility index (Phi) is 5.76. The standard InChI is InChI=1S/C18H25ClN2O3/c1-13-16(20-7-10-24-13)17(22)21-12-18(5-8-23-9-6-18)14-3-2-4-15(19)11-14/h2-4,11,13,16,20H,5-10,12H2,1H3,(H,21,22)/t13-,16+/m1/s1. The second-order valence-electron chi connectivity index (χ2n) is 6.63. The summed E-state index contributed by atoms with van der Waals surface area (Å²) in [6, 6.07) is 7.64. The lowest BCUT2D eigenvalue weighted by atomic mass is 9.74. The highest BCUT2D eigenvalue weighted by atomic mass is 35.5. The largest absolute Gasteiger partial charge is 0.381 e. The molecular weight excluding hydrogens is 328 g/mol. The van der Waals surface area contributed by atoms with Crippen molar-refractivity contribution in [3.63, 3.8) is 0 Å². The molecule has 0 radical (unpaired) electrons. The van der Waals surface area contributed by atoms with Crippen molar-refractivity contribution in [3.8, 4) is 0 Å². The fourth-order valence-electron chi connectivity index (χ4n) is 3.54. The smallest absolute Gasteiger partial charge is 0.239 e. The molecule has 2 atom stereocenters. The van der Waals surface area contributed by atoms with E-state index in [-0.39, 0.29) is 23.5 Å². The first kappa shape index (κ1) is 17.7. The third kappa shape index (κ3) is 3.91. The van der Waals surface area contributed by atoms with Crippen molar-refractivity contribution in [1.82, 2.24) is 10.6 Å². The molecule has 0 aromatic heterocycles. The number of amides is 1. The Balaban J connectivity index is 1.72. The number of morpholine rings is 1. The van der Waals surface area contributed by atoms with Crippen molar-refractivity contribution in [3.05, 3.63) is 34.9 Å². The van der Waals surface area contributed by atoms with Crippen LogP contribution in [0, 0.1) is 0 Å². The molecule has 132 valence electrons. The number of carbonyl (C=O) groups excluding carboxylic acids is 1. The minimum atomic E-state index is -0.296. The average molecular weight is 353 g/mol. The van der Waals surface area contributed by atoms with Crippen LogP contribution in [0.1, 0.15) is 25.3 Å². The number of hydrogen-bond donors (Lipinski definition) is 2. The van der Waals surface area contributed by atoms with Crippen molar-refractivity contribution < 1.29 is 14.3 Å². The lowest BCUT2D eigenvalue weighted by Crippen LogP contribution is -2.57. The minimum Gasteiger partial charge on any atom is -0.381 e. The molecule has 0 spiro atoms. The van der Waals surface area contributed by atoms with Crippen LogP contribution in [0.5, 0.6) is 0 Å². The number of carbonyl (C=O) groups is 1. The van der Waals surface area contributed by atoms with Crippen LogP contribution in [0.2, 0.25) is 5.02 Å². The molecule has 2 fully saturated rings. The second-order valence-corrected chi connectivity index (χ2v) is 7.06. The molecule has 2 aliphatic heterocycles. The molecule has 24 heavy (non-hydrogen) atoms. The van der Waals surface area contributed by atoms with Gasteiger partial charge in [-0.2, -0.15) is 0 Å². The Hall–Kier alpha value is -1.14. The normalized spacial score (nSPS) is 26.8. The minimum absolute atomic E-state index is 0.00454. The third-order valence-corrected chi connectivity index (χ3v) is 5.32. The summed E-state index contributed by atoms with van der Waals surface area (Å²) in [5.41, 5.74) is 1.04. The van der Waals surface area contributed by atoms with Crippen LogP contribution >= 0.6 is 11.6 Å². The van der Waals surface area contributed by atoms with Crippen LogP contribution in [-0.4, -0.2) is 51.0 Å². The van der Waals surface area contributed by atoms with Crippen LogP contribution in [0.25, 0.3) is 0 Å². The van der Waals surface area contributed by atoms with Gasteiger partial charge in [-0.1, -0.05) is 23.7 Å². The predicted octanol–water partition coefficient (Wildman–Crippen LogP) is 1.88. The van der Waals surface area contributed by atoms with E-state index in [2.05, 4.69) is 16.7 Å². The van der Waals surface area contributed by atoms with Crippen molar-refractivity contribution in [2.75, 3.05) is 32.9 Å². The predicted molar refractivity (Wildman–Crippen MR) is 93.4 cm³/mol. The van der Waals surface area contributed by atoms with Crippen LogP contribution < -0.4 is 10.6 Å². The van der Waals surface area contributed by atoms with Gasteiger partial charge in [0.15, 0.2) is 0 Å². The van der Waals surface area contributed by atoms with Gasteiger partial charge in [0.2, 0.25) is 5.91 Å². The van der Waals surface area contributed by atoms with E-state index in [1.807, 2.05) is 25.1 Å². The van der Waals surface area contributed by atoms with E-state index in [0.717, 1.165) is 17.9 Å². The summed E-state index contributed by atoms with van der Waals surface area (Å²) in [7, 11) is 0.